The average molecular weight is 440 g/mol. The van der Waals surface area contributed by atoms with Crippen molar-refractivity contribution in [1.29, 1.82) is 0 Å². The zero-order valence-electron chi connectivity index (χ0n) is 17.9. The summed E-state index contributed by atoms with van der Waals surface area (Å²) in [5, 5.41) is 11.1. The molecular weight excluding hydrogens is 414 g/mol. The lowest BCUT2D eigenvalue weighted by Crippen LogP contribution is -2.60. The third kappa shape index (κ3) is 5.20. The van der Waals surface area contributed by atoms with Crippen LogP contribution in [0.5, 0.6) is 5.75 Å². The number of rotatable bonds is 6. The van der Waals surface area contributed by atoms with Gasteiger partial charge in [0.1, 0.15) is 5.75 Å². The van der Waals surface area contributed by atoms with Crippen LogP contribution in [0.3, 0.4) is 0 Å². The molecule has 2 unspecified atom stereocenters. The molecule has 0 saturated carbocycles. The number of aromatic nitrogens is 4. The lowest BCUT2D eigenvalue weighted by molar-refractivity contribution is -0.123. The predicted molar refractivity (Wildman–Crippen MR) is 120 cm³/mol. The molecule has 162 valence electrons. The van der Waals surface area contributed by atoms with Gasteiger partial charge in [-0.1, -0.05) is 11.8 Å². The van der Waals surface area contributed by atoms with E-state index in [1.54, 1.807) is 7.11 Å². The van der Waals surface area contributed by atoms with Crippen LogP contribution < -0.4 is 20.7 Å². The molecule has 1 aliphatic rings. The topological polar surface area (TPSA) is 114 Å². The van der Waals surface area contributed by atoms with Crippen LogP contribution in [0.15, 0.2) is 29.4 Å². The Morgan fingerprint density at radius 3 is 2.65 bits per heavy atom. The maximum Gasteiger partial charge on any atom is 0.226 e. The van der Waals surface area contributed by atoms with Crippen LogP contribution in [0.4, 0.5) is 5.95 Å². The molecule has 0 bridgehead atoms. The van der Waals surface area contributed by atoms with Gasteiger partial charge in [-0.05, 0) is 45.0 Å². The molecule has 3 heterocycles. The van der Waals surface area contributed by atoms with Crippen molar-refractivity contribution in [3.8, 4) is 5.75 Å². The summed E-state index contributed by atoms with van der Waals surface area (Å²) in [4.78, 5) is 30.3. The number of aryl methyl sites for hydroxylation is 3. The zero-order valence-corrected chi connectivity index (χ0v) is 18.7. The standard InChI is InChI=1S/C21H25N7O2S/c1-11-7-12(2)23-21(22-11)31-10-14-8-18(29)27-20(25-14)28-19-24-13(3)16-9-15(30-4)5-6-17(16)26-19/h5-7,9,14,20,25H,8,10H2,1-4H3,(H,27,29)(H,24,26,28). The highest BCUT2D eigenvalue weighted by Gasteiger charge is 2.26. The second-order valence-electron chi connectivity index (χ2n) is 7.47. The van der Waals surface area contributed by atoms with E-state index in [0.717, 1.165) is 38.9 Å². The van der Waals surface area contributed by atoms with E-state index in [2.05, 4.69) is 35.9 Å². The number of nitrogens with one attached hydrogen (secondary N) is 3. The number of hydrogen-bond donors (Lipinski definition) is 3. The maximum atomic E-state index is 12.3. The number of thioether (sulfide) groups is 1. The molecule has 3 aromatic rings. The van der Waals surface area contributed by atoms with Crippen molar-refractivity contribution < 1.29 is 9.53 Å². The number of methoxy groups -OCH3 is 1. The van der Waals surface area contributed by atoms with E-state index in [1.807, 2.05) is 45.0 Å². The summed E-state index contributed by atoms with van der Waals surface area (Å²) in [7, 11) is 1.63. The lowest BCUT2D eigenvalue weighted by atomic mass is 10.2. The van der Waals surface area contributed by atoms with Crippen molar-refractivity contribution >= 4 is 34.5 Å². The minimum Gasteiger partial charge on any atom is -0.497 e. The average Bonchev–Trinajstić information content (AvgIpc) is 2.71. The van der Waals surface area contributed by atoms with Crippen molar-refractivity contribution in [1.82, 2.24) is 30.6 Å². The Kier molecular flexibility index (Phi) is 6.19. The van der Waals surface area contributed by atoms with Gasteiger partial charge in [0.05, 0.1) is 18.3 Å². The van der Waals surface area contributed by atoms with Crippen LogP contribution in [-0.4, -0.2) is 51.0 Å². The molecule has 0 aliphatic carbocycles. The summed E-state index contributed by atoms with van der Waals surface area (Å²) in [5.41, 5.74) is 3.50. The van der Waals surface area contributed by atoms with Crippen LogP contribution in [0.2, 0.25) is 0 Å². The number of carbonyl (C=O) groups excluding carboxylic acids is 1. The van der Waals surface area contributed by atoms with Gasteiger partial charge in [0, 0.05) is 35.0 Å². The Balaban J connectivity index is 1.44. The Bertz CT molecular complexity index is 1100. The highest BCUT2D eigenvalue weighted by molar-refractivity contribution is 7.99. The number of hydrogen-bond acceptors (Lipinski definition) is 9. The summed E-state index contributed by atoms with van der Waals surface area (Å²) >= 11 is 1.54. The first-order valence-corrected chi connectivity index (χ1v) is 11.0. The fourth-order valence-corrected chi connectivity index (χ4v) is 4.46. The molecule has 10 heteroatoms. The highest BCUT2D eigenvalue weighted by Crippen LogP contribution is 2.23. The van der Waals surface area contributed by atoms with E-state index in [1.165, 1.54) is 11.8 Å². The van der Waals surface area contributed by atoms with Gasteiger partial charge in [-0.2, -0.15) is 0 Å². The van der Waals surface area contributed by atoms with E-state index < -0.39 is 6.29 Å². The molecular formula is C21H25N7O2S. The molecule has 1 saturated heterocycles. The summed E-state index contributed by atoms with van der Waals surface area (Å²) in [6.07, 6.45) is -0.0879. The van der Waals surface area contributed by atoms with Gasteiger partial charge in [-0.25, -0.2) is 19.9 Å². The Morgan fingerprint density at radius 1 is 1.13 bits per heavy atom. The number of anilines is 1. The summed E-state index contributed by atoms with van der Waals surface area (Å²) < 4.78 is 5.28. The van der Waals surface area contributed by atoms with E-state index in [4.69, 9.17) is 4.74 Å². The Morgan fingerprint density at radius 2 is 1.90 bits per heavy atom. The second kappa shape index (κ2) is 9.03. The summed E-state index contributed by atoms with van der Waals surface area (Å²) in [6, 6.07) is 7.58. The number of amides is 1. The molecule has 2 aromatic heterocycles. The minimum absolute atomic E-state index is 0.0357. The quantitative estimate of drug-likeness (QED) is 0.393. The number of carbonyl (C=O) groups is 1. The maximum absolute atomic E-state index is 12.3. The van der Waals surface area contributed by atoms with E-state index >= 15 is 0 Å². The van der Waals surface area contributed by atoms with Gasteiger partial charge in [0.2, 0.25) is 11.9 Å². The first kappa shape index (κ1) is 21.3. The van der Waals surface area contributed by atoms with Crippen LogP contribution in [0.1, 0.15) is 23.5 Å². The molecule has 0 spiro atoms. The highest BCUT2D eigenvalue weighted by atomic mass is 32.2. The molecule has 0 radical (unpaired) electrons. The third-order valence-electron chi connectivity index (χ3n) is 4.88. The van der Waals surface area contributed by atoms with Gasteiger partial charge in [-0.3, -0.25) is 10.1 Å². The fraction of sp³-hybridized carbons (Fsp3) is 0.381. The molecule has 31 heavy (non-hydrogen) atoms. The third-order valence-corrected chi connectivity index (χ3v) is 5.89. The molecule has 1 fully saturated rings. The molecule has 9 nitrogen and oxygen atoms in total. The van der Waals surface area contributed by atoms with E-state index in [9.17, 15) is 4.79 Å². The van der Waals surface area contributed by atoms with Crippen LogP contribution in [-0.2, 0) is 4.79 Å². The van der Waals surface area contributed by atoms with Crippen LogP contribution in [0, 0.1) is 20.8 Å². The van der Waals surface area contributed by atoms with Crippen molar-refractivity contribution in [3.05, 3.63) is 41.3 Å². The molecule has 1 amide bonds. The molecule has 1 aromatic carbocycles. The van der Waals surface area contributed by atoms with E-state index in [-0.39, 0.29) is 11.9 Å². The summed E-state index contributed by atoms with van der Waals surface area (Å²) in [6.45, 7) is 5.82. The van der Waals surface area contributed by atoms with Gasteiger partial charge >= 0.3 is 0 Å². The first-order chi connectivity index (χ1) is 14.9. The van der Waals surface area contributed by atoms with Crippen molar-refractivity contribution in [2.75, 3.05) is 18.2 Å². The second-order valence-corrected chi connectivity index (χ2v) is 8.46. The minimum atomic E-state index is -0.470. The van der Waals surface area contributed by atoms with Crippen molar-refractivity contribution in [3.63, 3.8) is 0 Å². The van der Waals surface area contributed by atoms with Crippen LogP contribution >= 0.6 is 11.8 Å². The molecule has 2 atom stereocenters. The number of nitrogens with zero attached hydrogens (tertiary/aromatic N) is 4. The Labute approximate surface area is 184 Å². The SMILES string of the molecule is COc1ccc2nc(NC3NC(=O)CC(CSc4nc(C)cc(C)n4)N3)nc(C)c2c1. The van der Waals surface area contributed by atoms with Crippen LogP contribution in [0.25, 0.3) is 10.9 Å². The predicted octanol–water partition coefficient (Wildman–Crippen LogP) is 2.32. The molecule has 4 rings (SSSR count). The van der Waals surface area contributed by atoms with Crippen molar-refractivity contribution in [2.45, 2.75) is 44.7 Å². The van der Waals surface area contributed by atoms with Gasteiger partial charge < -0.3 is 15.4 Å². The normalized spacial score (nSPS) is 18.6. The van der Waals surface area contributed by atoms with Gasteiger partial charge in [-0.15, -0.1) is 0 Å². The van der Waals surface area contributed by atoms with E-state index in [0.29, 0.717) is 18.1 Å². The summed E-state index contributed by atoms with van der Waals surface area (Å²) in [5.74, 6) is 1.84. The largest absolute Gasteiger partial charge is 0.497 e. The number of ether oxygens (including phenoxy) is 1. The number of fused-ring (bicyclic) bond motifs is 1. The monoisotopic (exact) mass is 439 g/mol. The van der Waals surface area contributed by atoms with Gasteiger partial charge in [0.15, 0.2) is 11.4 Å². The fourth-order valence-electron chi connectivity index (χ4n) is 3.48. The van der Waals surface area contributed by atoms with Gasteiger partial charge in [0.25, 0.3) is 0 Å². The molecule has 1 aliphatic heterocycles. The first-order valence-electron chi connectivity index (χ1n) is 9.99. The zero-order chi connectivity index (χ0) is 22.0. The Hall–Kier alpha value is -2.98. The smallest absolute Gasteiger partial charge is 0.226 e. The molecule has 3 N–H and O–H groups in total. The lowest BCUT2D eigenvalue weighted by Gasteiger charge is -2.31. The van der Waals surface area contributed by atoms with Crippen molar-refractivity contribution in [2.24, 2.45) is 0 Å². The number of benzene rings is 1.